The molecule has 0 bridgehead atoms. The van der Waals surface area contributed by atoms with Gasteiger partial charge in [-0.05, 0) is 26.6 Å². The first-order valence-corrected chi connectivity index (χ1v) is 4.72. The van der Waals surface area contributed by atoms with Crippen LogP contribution in [0.15, 0.2) is 0 Å². The van der Waals surface area contributed by atoms with E-state index in [0.717, 1.165) is 26.1 Å². The van der Waals surface area contributed by atoms with E-state index in [0.29, 0.717) is 6.61 Å². The Morgan fingerprint density at radius 3 is 2.54 bits per heavy atom. The third-order valence-corrected chi connectivity index (χ3v) is 1.84. The molecule has 2 N–H and O–H groups in total. The van der Waals surface area contributed by atoms with Gasteiger partial charge < -0.3 is 20.1 Å². The van der Waals surface area contributed by atoms with Crippen LogP contribution in [0.1, 0.15) is 6.42 Å². The van der Waals surface area contributed by atoms with Crippen molar-refractivity contribution in [2.24, 2.45) is 0 Å². The highest BCUT2D eigenvalue weighted by molar-refractivity contribution is 4.60. The van der Waals surface area contributed by atoms with Crippen molar-refractivity contribution in [3.63, 3.8) is 0 Å². The maximum atomic E-state index is 5.19. The fourth-order valence-electron chi connectivity index (χ4n) is 1.05. The van der Waals surface area contributed by atoms with Crippen LogP contribution in [0.3, 0.4) is 0 Å². The lowest BCUT2D eigenvalue weighted by Crippen LogP contribution is -2.33. The summed E-state index contributed by atoms with van der Waals surface area (Å²) < 4.78 is 10.2. The van der Waals surface area contributed by atoms with E-state index in [1.54, 1.807) is 14.2 Å². The van der Waals surface area contributed by atoms with Crippen LogP contribution < -0.4 is 10.6 Å². The first kappa shape index (κ1) is 12.8. The van der Waals surface area contributed by atoms with Crippen molar-refractivity contribution in [3.8, 4) is 0 Å². The maximum absolute atomic E-state index is 5.19. The van der Waals surface area contributed by atoms with Gasteiger partial charge in [-0.1, -0.05) is 0 Å². The van der Waals surface area contributed by atoms with Gasteiger partial charge in [0.25, 0.3) is 0 Å². The molecule has 0 radical (unpaired) electrons. The standard InChI is InChI=1S/C9H22N2O2/c1-10-5-4-6-11-7-9(13-3)8-12-2/h9-11H,4-8H2,1-3H3. The highest BCUT2D eigenvalue weighted by Gasteiger charge is 2.04. The molecule has 0 heterocycles. The smallest absolute Gasteiger partial charge is 0.0928 e. The van der Waals surface area contributed by atoms with Crippen molar-refractivity contribution in [3.05, 3.63) is 0 Å². The molecule has 0 saturated carbocycles. The summed E-state index contributed by atoms with van der Waals surface area (Å²) in [7, 11) is 5.36. The summed E-state index contributed by atoms with van der Waals surface area (Å²) in [6.07, 6.45) is 1.31. The SMILES string of the molecule is CNCCCNCC(COC)OC. The van der Waals surface area contributed by atoms with E-state index in [1.165, 1.54) is 0 Å². The highest BCUT2D eigenvalue weighted by Crippen LogP contribution is 1.88. The molecule has 0 amide bonds. The molecule has 1 atom stereocenters. The summed E-state index contributed by atoms with van der Waals surface area (Å²) in [5.74, 6) is 0. The van der Waals surface area contributed by atoms with Gasteiger partial charge in [0.2, 0.25) is 0 Å². The molecule has 13 heavy (non-hydrogen) atoms. The summed E-state index contributed by atoms with van der Waals surface area (Å²) in [5.41, 5.74) is 0. The van der Waals surface area contributed by atoms with E-state index in [1.807, 2.05) is 7.05 Å². The van der Waals surface area contributed by atoms with Crippen LogP contribution in [0.4, 0.5) is 0 Å². The second-order valence-corrected chi connectivity index (χ2v) is 2.97. The van der Waals surface area contributed by atoms with Gasteiger partial charge in [-0.3, -0.25) is 0 Å². The van der Waals surface area contributed by atoms with Crippen molar-refractivity contribution in [2.75, 3.05) is 47.5 Å². The molecule has 1 unspecified atom stereocenters. The van der Waals surface area contributed by atoms with Crippen molar-refractivity contribution in [1.82, 2.24) is 10.6 Å². The molecule has 80 valence electrons. The van der Waals surface area contributed by atoms with Gasteiger partial charge in [0.1, 0.15) is 0 Å². The molecule has 0 aliphatic rings. The molecular formula is C9H22N2O2. The topological polar surface area (TPSA) is 42.5 Å². The van der Waals surface area contributed by atoms with E-state index in [4.69, 9.17) is 9.47 Å². The summed E-state index contributed by atoms with van der Waals surface area (Å²) in [5, 5.41) is 6.41. The Labute approximate surface area is 81.0 Å². The Balaban J connectivity index is 3.17. The van der Waals surface area contributed by atoms with Crippen LogP contribution >= 0.6 is 0 Å². The number of methoxy groups -OCH3 is 2. The second kappa shape index (κ2) is 9.92. The summed E-state index contributed by atoms with van der Waals surface area (Å²) in [6, 6.07) is 0. The van der Waals surface area contributed by atoms with Gasteiger partial charge in [-0.25, -0.2) is 0 Å². The van der Waals surface area contributed by atoms with Crippen molar-refractivity contribution >= 4 is 0 Å². The van der Waals surface area contributed by atoms with E-state index in [-0.39, 0.29) is 6.10 Å². The van der Waals surface area contributed by atoms with E-state index in [9.17, 15) is 0 Å². The zero-order valence-electron chi connectivity index (χ0n) is 8.93. The third-order valence-electron chi connectivity index (χ3n) is 1.84. The predicted molar refractivity (Wildman–Crippen MR) is 54.1 cm³/mol. The van der Waals surface area contributed by atoms with Gasteiger partial charge in [-0.15, -0.1) is 0 Å². The number of nitrogens with one attached hydrogen (secondary N) is 2. The fraction of sp³-hybridized carbons (Fsp3) is 1.00. The Bertz CT molecular complexity index is 102. The van der Waals surface area contributed by atoms with E-state index < -0.39 is 0 Å². The predicted octanol–water partition coefficient (Wildman–Crippen LogP) is -0.153. The normalized spacial score (nSPS) is 13.2. The molecule has 0 aromatic heterocycles. The van der Waals surface area contributed by atoms with Gasteiger partial charge in [0, 0.05) is 20.8 Å². The zero-order valence-corrected chi connectivity index (χ0v) is 8.93. The van der Waals surface area contributed by atoms with Gasteiger partial charge in [-0.2, -0.15) is 0 Å². The summed E-state index contributed by atoms with van der Waals surface area (Å²) in [6.45, 7) is 3.57. The molecule has 0 aromatic rings. The van der Waals surface area contributed by atoms with Crippen LogP contribution in [-0.4, -0.2) is 53.6 Å². The third kappa shape index (κ3) is 8.18. The van der Waals surface area contributed by atoms with Crippen molar-refractivity contribution < 1.29 is 9.47 Å². The van der Waals surface area contributed by atoms with E-state index >= 15 is 0 Å². The minimum absolute atomic E-state index is 0.166. The quantitative estimate of drug-likeness (QED) is 0.496. The largest absolute Gasteiger partial charge is 0.382 e. The van der Waals surface area contributed by atoms with Crippen LogP contribution in [0.5, 0.6) is 0 Å². The summed E-state index contributed by atoms with van der Waals surface area (Å²) >= 11 is 0. The van der Waals surface area contributed by atoms with Crippen LogP contribution in [-0.2, 0) is 9.47 Å². The Hall–Kier alpha value is -0.160. The van der Waals surface area contributed by atoms with Gasteiger partial charge in [0.05, 0.1) is 12.7 Å². The molecule has 0 rings (SSSR count). The molecule has 0 aliphatic carbocycles. The lowest BCUT2D eigenvalue weighted by molar-refractivity contribution is 0.0290. The lowest BCUT2D eigenvalue weighted by atomic mass is 10.3. The van der Waals surface area contributed by atoms with Crippen LogP contribution in [0.2, 0.25) is 0 Å². The lowest BCUT2D eigenvalue weighted by Gasteiger charge is -2.14. The Morgan fingerprint density at radius 2 is 2.00 bits per heavy atom. The number of hydrogen-bond acceptors (Lipinski definition) is 4. The molecule has 4 nitrogen and oxygen atoms in total. The molecule has 0 aliphatic heterocycles. The van der Waals surface area contributed by atoms with Crippen LogP contribution in [0.25, 0.3) is 0 Å². The first-order chi connectivity index (χ1) is 6.35. The fourth-order valence-corrected chi connectivity index (χ4v) is 1.05. The molecule has 0 spiro atoms. The molecule has 0 saturated heterocycles. The number of hydrogen-bond donors (Lipinski definition) is 2. The molecule has 0 fully saturated rings. The number of ether oxygens (including phenoxy) is 2. The van der Waals surface area contributed by atoms with Gasteiger partial charge >= 0.3 is 0 Å². The second-order valence-electron chi connectivity index (χ2n) is 2.97. The average molecular weight is 190 g/mol. The van der Waals surface area contributed by atoms with Crippen molar-refractivity contribution in [2.45, 2.75) is 12.5 Å². The molecule has 4 heteroatoms. The number of rotatable bonds is 9. The Morgan fingerprint density at radius 1 is 1.23 bits per heavy atom. The highest BCUT2D eigenvalue weighted by atomic mass is 16.5. The van der Waals surface area contributed by atoms with E-state index in [2.05, 4.69) is 10.6 Å². The molecule has 0 aromatic carbocycles. The average Bonchev–Trinajstić information content (AvgIpc) is 2.16. The maximum Gasteiger partial charge on any atom is 0.0928 e. The van der Waals surface area contributed by atoms with Crippen molar-refractivity contribution in [1.29, 1.82) is 0 Å². The monoisotopic (exact) mass is 190 g/mol. The minimum Gasteiger partial charge on any atom is -0.382 e. The minimum atomic E-state index is 0.166. The summed E-state index contributed by atoms with van der Waals surface area (Å²) in [4.78, 5) is 0. The van der Waals surface area contributed by atoms with Gasteiger partial charge in [0.15, 0.2) is 0 Å². The Kier molecular flexibility index (Phi) is 9.80. The first-order valence-electron chi connectivity index (χ1n) is 4.72. The molecular weight excluding hydrogens is 168 g/mol. The zero-order chi connectivity index (χ0) is 9.94. The van der Waals surface area contributed by atoms with Crippen LogP contribution in [0, 0.1) is 0 Å².